The highest BCUT2D eigenvalue weighted by atomic mass is 15.0. The first kappa shape index (κ1) is 12.8. The van der Waals surface area contributed by atoms with Crippen LogP contribution in [0.3, 0.4) is 0 Å². The van der Waals surface area contributed by atoms with Gasteiger partial charge in [0, 0.05) is 25.0 Å². The number of benzene rings is 1. The topological polar surface area (TPSA) is 29.9 Å². The summed E-state index contributed by atoms with van der Waals surface area (Å²) in [7, 11) is 0. The molecular formula is C15H21N3. The van der Waals surface area contributed by atoms with Crippen molar-refractivity contribution in [1.29, 1.82) is 0 Å². The number of rotatable bonds is 6. The molecule has 1 aromatic carbocycles. The van der Waals surface area contributed by atoms with E-state index < -0.39 is 0 Å². The van der Waals surface area contributed by atoms with Gasteiger partial charge in [0.05, 0.1) is 6.33 Å². The molecule has 1 heterocycles. The quantitative estimate of drug-likeness (QED) is 0.844. The first-order valence-corrected chi connectivity index (χ1v) is 6.51. The summed E-state index contributed by atoms with van der Waals surface area (Å²) in [4.78, 5) is 4.05. The second-order valence-electron chi connectivity index (χ2n) is 4.91. The first-order valence-electron chi connectivity index (χ1n) is 6.51. The predicted molar refractivity (Wildman–Crippen MR) is 74.6 cm³/mol. The highest BCUT2D eigenvalue weighted by Crippen LogP contribution is 2.06. The molecule has 0 spiro atoms. The van der Waals surface area contributed by atoms with Crippen LogP contribution in [0.25, 0.3) is 0 Å². The average Bonchev–Trinajstić information content (AvgIpc) is 2.84. The molecule has 2 rings (SSSR count). The van der Waals surface area contributed by atoms with Crippen molar-refractivity contribution in [2.24, 2.45) is 0 Å². The van der Waals surface area contributed by atoms with Gasteiger partial charge in [-0.3, -0.25) is 0 Å². The third-order valence-corrected chi connectivity index (χ3v) is 2.91. The summed E-state index contributed by atoms with van der Waals surface area (Å²) in [6.07, 6.45) is 6.73. The number of hydrogen-bond donors (Lipinski definition) is 1. The molecule has 0 aliphatic heterocycles. The van der Waals surface area contributed by atoms with E-state index in [0.29, 0.717) is 6.04 Å². The lowest BCUT2D eigenvalue weighted by molar-refractivity contribution is 0.590. The molecule has 0 aliphatic rings. The van der Waals surface area contributed by atoms with Gasteiger partial charge >= 0.3 is 0 Å². The molecule has 0 aliphatic carbocycles. The molecule has 18 heavy (non-hydrogen) atoms. The maximum Gasteiger partial charge on any atom is 0.0949 e. The molecule has 0 atom stereocenters. The Labute approximate surface area is 109 Å². The fourth-order valence-corrected chi connectivity index (χ4v) is 1.91. The minimum Gasteiger partial charge on any atom is -0.333 e. The summed E-state index contributed by atoms with van der Waals surface area (Å²) in [5.74, 6) is 0. The fourth-order valence-electron chi connectivity index (χ4n) is 1.91. The molecule has 0 fully saturated rings. The Balaban J connectivity index is 1.85. The van der Waals surface area contributed by atoms with Gasteiger partial charge in [-0.1, -0.05) is 38.1 Å². The number of hydrogen-bond acceptors (Lipinski definition) is 2. The van der Waals surface area contributed by atoms with Crippen LogP contribution in [0.15, 0.2) is 43.0 Å². The van der Waals surface area contributed by atoms with Crippen LogP contribution < -0.4 is 5.32 Å². The van der Waals surface area contributed by atoms with Crippen molar-refractivity contribution >= 4 is 0 Å². The summed E-state index contributed by atoms with van der Waals surface area (Å²) < 4.78 is 2.08. The zero-order valence-corrected chi connectivity index (χ0v) is 11.1. The van der Waals surface area contributed by atoms with Crippen molar-refractivity contribution in [2.45, 2.75) is 32.9 Å². The highest BCUT2D eigenvalue weighted by molar-refractivity contribution is 5.23. The van der Waals surface area contributed by atoms with Crippen LogP contribution in [-0.4, -0.2) is 22.1 Å². The van der Waals surface area contributed by atoms with Crippen molar-refractivity contribution in [2.75, 3.05) is 6.54 Å². The van der Waals surface area contributed by atoms with Crippen molar-refractivity contribution < 1.29 is 0 Å². The van der Waals surface area contributed by atoms with Crippen molar-refractivity contribution in [1.82, 2.24) is 14.9 Å². The van der Waals surface area contributed by atoms with Gasteiger partial charge in [0.25, 0.3) is 0 Å². The molecule has 0 radical (unpaired) electrons. The Bertz CT molecular complexity index is 443. The van der Waals surface area contributed by atoms with E-state index in [1.54, 1.807) is 0 Å². The van der Waals surface area contributed by atoms with Gasteiger partial charge in [-0.05, 0) is 24.1 Å². The van der Waals surface area contributed by atoms with Crippen molar-refractivity contribution in [3.8, 4) is 0 Å². The molecule has 0 saturated heterocycles. The van der Waals surface area contributed by atoms with Gasteiger partial charge in [0.15, 0.2) is 0 Å². The molecule has 3 nitrogen and oxygen atoms in total. The van der Waals surface area contributed by atoms with Gasteiger partial charge in [-0.15, -0.1) is 0 Å². The van der Waals surface area contributed by atoms with Crippen LogP contribution in [0.4, 0.5) is 0 Å². The van der Waals surface area contributed by atoms with E-state index in [1.165, 1.54) is 11.1 Å². The molecule has 1 aromatic heterocycles. The summed E-state index contributed by atoms with van der Waals surface area (Å²) in [5, 5.41) is 3.43. The van der Waals surface area contributed by atoms with Crippen molar-refractivity contribution in [3.63, 3.8) is 0 Å². The summed E-state index contributed by atoms with van der Waals surface area (Å²) in [5.41, 5.74) is 2.70. The normalized spacial score (nSPS) is 11.1. The Morgan fingerprint density at radius 1 is 1.17 bits per heavy atom. The number of aromatic nitrogens is 2. The minimum atomic E-state index is 0.561. The van der Waals surface area contributed by atoms with E-state index in [2.05, 4.69) is 53.0 Å². The molecule has 0 bridgehead atoms. The lowest BCUT2D eigenvalue weighted by Gasteiger charge is -2.08. The third-order valence-electron chi connectivity index (χ3n) is 2.91. The maximum absolute atomic E-state index is 4.05. The van der Waals surface area contributed by atoms with Gasteiger partial charge in [0.2, 0.25) is 0 Å². The van der Waals surface area contributed by atoms with Crippen LogP contribution in [-0.2, 0) is 13.0 Å². The van der Waals surface area contributed by atoms with Crippen LogP contribution in [0, 0.1) is 0 Å². The number of nitrogens with one attached hydrogen (secondary N) is 1. The third kappa shape index (κ3) is 4.00. The molecule has 3 heteroatoms. The SMILES string of the molecule is CC(C)NCCc1ccc(Cn2ccnc2)cc1. The van der Waals surface area contributed by atoms with Crippen LogP contribution in [0.5, 0.6) is 0 Å². The Kier molecular flexibility index (Phi) is 4.53. The van der Waals surface area contributed by atoms with E-state index >= 15 is 0 Å². The Morgan fingerprint density at radius 3 is 2.50 bits per heavy atom. The molecule has 0 unspecified atom stereocenters. The molecule has 96 valence electrons. The fraction of sp³-hybridized carbons (Fsp3) is 0.400. The molecular weight excluding hydrogens is 222 g/mol. The van der Waals surface area contributed by atoms with Crippen molar-refractivity contribution in [3.05, 3.63) is 54.1 Å². The second kappa shape index (κ2) is 6.36. The average molecular weight is 243 g/mol. The molecule has 0 saturated carbocycles. The molecule has 1 N–H and O–H groups in total. The summed E-state index contributed by atoms with van der Waals surface area (Å²) in [6.45, 7) is 6.28. The van der Waals surface area contributed by atoms with E-state index in [4.69, 9.17) is 0 Å². The largest absolute Gasteiger partial charge is 0.333 e. The monoisotopic (exact) mass is 243 g/mol. The van der Waals surface area contributed by atoms with Crippen LogP contribution in [0.2, 0.25) is 0 Å². The lowest BCUT2D eigenvalue weighted by atomic mass is 10.1. The van der Waals surface area contributed by atoms with Crippen LogP contribution >= 0.6 is 0 Å². The number of imidazole rings is 1. The van der Waals surface area contributed by atoms with Gasteiger partial charge in [-0.2, -0.15) is 0 Å². The smallest absolute Gasteiger partial charge is 0.0949 e. The second-order valence-corrected chi connectivity index (χ2v) is 4.91. The van der Waals surface area contributed by atoms with Crippen LogP contribution in [0.1, 0.15) is 25.0 Å². The zero-order chi connectivity index (χ0) is 12.8. The van der Waals surface area contributed by atoms with Gasteiger partial charge < -0.3 is 9.88 Å². The van der Waals surface area contributed by atoms with E-state index in [1.807, 2.05) is 18.7 Å². The Hall–Kier alpha value is -1.61. The zero-order valence-electron chi connectivity index (χ0n) is 11.1. The standard InChI is InChI=1S/C15H21N3/c1-13(2)17-8-7-14-3-5-15(6-4-14)11-18-10-9-16-12-18/h3-6,9-10,12-13,17H,7-8,11H2,1-2H3. The van der Waals surface area contributed by atoms with E-state index in [-0.39, 0.29) is 0 Å². The first-order chi connectivity index (χ1) is 8.74. The van der Waals surface area contributed by atoms with E-state index in [0.717, 1.165) is 19.5 Å². The summed E-state index contributed by atoms with van der Waals surface area (Å²) >= 11 is 0. The predicted octanol–water partition coefficient (Wildman–Crippen LogP) is 2.47. The molecule has 2 aromatic rings. The van der Waals surface area contributed by atoms with Gasteiger partial charge in [0.1, 0.15) is 0 Å². The highest BCUT2D eigenvalue weighted by Gasteiger charge is 1.97. The van der Waals surface area contributed by atoms with Gasteiger partial charge in [-0.25, -0.2) is 4.98 Å². The molecule has 0 amide bonds. The minimum absolute atomic E-state index is 0.561. The number of nitrogens with zero attached hydrogens (tertiary/aromatic N) is 2. The Morgan fingerprint density at radius 2 is 1.89 bits per heavy atom. The van der Waals surface area contributed by atoms with E-state index in [9.17, 15) is 0 Å². The maximum atomic E-state index is 4.05. The lowest BCUT2D eigenvalue weighted by Crippen LogP contribution is -2.24. The summed E-state index contributed by atoms with van der Waals surface area (Å²) in [6, 6.07) is 9.39.